The highest BCUT2D eigenvalue weighted by atomic mass is 16.6. The van der Waals surface area contributed by atoms with Gasteiger partial charge < -0.3 is 13.7 Å². The number of esters is 1. The molecule has 0 aliphatic rings. The SMILES string of the molecule is CC[C@H](C)c1cc(C(=O)O[C@H](C)c2nnc(C)o2)on1. The van der Waals surface area contributed by atoms with Crippen molar-refractivity contribution in [3.05, 3.63) is 29.3 Å². The molecule has 0 spiro atoms. The molecule has 2 aromatic heterocycles. The Kier molecular flexibility index (Phi) is 4.16. The van der Waals surface area contributed by atoms with Gasteiger partial charge in [0.05, 0.1) is 5.69 Å². The molecule has 0 unspecified atom stereocenters. The number of ether oxygens (including phenoxy) is 1. The average molecular weight is 279 g/mol. The molecule has 0 N–H and O–H groups in total. The Morgan fingerprint density at radius 2 is 2.15 bits per heavy atom. The molecule has 0 saturated heterocycles. The van der Waals surface area contributed by atoms with E-state index in [9.17, 15) is 4.79 Å². The zero-order valence-corrected chi connectivity index (χ0v) is 11.9. The van der Waals surface area contributed by atoms with Gasteiger partial charge in [0.2, 0.25) is 11.7 Å². The predicted molar refractivity (Wildman–Crippen MR) is 68.1 cm³/mol. The van der Waals surface area contributed by atoms with E-state index >= 15 is 0 Å². The van der Waals surface area contributed by atoms with E-state index in [1.807, 2.05) is 13.8 Å². The quantitative estimate of drug-likeness (QED) is 0.777. The molecule has 0 saturated carbocycles. The summed E-state index contributed by atoms with van der Waals surface area (Å²) in [5.74, 6) is 0.370. The van der Waals surface area contributed by atoms with Gasteiger partial charge in [-0.05, 0) is 13.3 Å². The van der Waals surface area contributed by atoms with Crippen LogP contribution in [0.15, 0.2) is 15.0 Å². The Labute approximate surface area is 116 Å². The van der Waals surface area contributed by atoms with Crippen molar-refractivity contribution < 1.29 is 18.5 Å². The summed E-state index contributed by atoms with van der Waals surface area (Å²) in [6.07, 6.45) is 0.277. The van der Waals surface area contributed by atoms with Gasteiger partial charge in [-0.1, -0.05) is 19.0 Å². The number of rotatable bonds is 5. The lowest BCUT2D eigenvalue weighted by atomic mass is 10.1. The van der Waals surface area contributed by atoms with E-state index in [-0.39, 0.29) is 17.6 Å². The summed E-state index contributed by atoms with van der Waals surface area (Å²) in [4.78, 5) is 11.9. The minimum Gasteiger partial charge on any atom is -0.447 e. The van der Waals surface area contributed by atoms with Crippen LogP contribution in [-0.2, 0) is 4.74 Å². The van der Waals surface area contributed by atoms with Crippen molar-refractivity contribution in [2.45, 2.75) is 46.1 Å². The molecule has 7 heteroatoms. The molecule has 0 bridgehead atoms. The molecule has 0 aliphatic carbocycles. The van der Waals surface area contributed by atoms with Crippen molar-refractivity contribution in [3.8, 4) is 0 Å². The maximum atomic E-state index is 11.9. The maximum absolute atomic E-state index is 11.9. The third-order valence-electron chi connectivity index (χ3n) is 3.02. The summed E-state index contributed by atoms with van der Waals surface area (Å²) in [6, 6.07) is 1.60. The fourth-order valence-electron chi connectivity index (χ4n) is 1.57. The Morgan fingerprint density at radius 3 is 2.75 bits per heavy atom. The second-order valence-electron chi connectivity index (χ2n) is 4.63. The molecule has 7 nitrogen and oxygen atoms in total. The summed E-state index contributed by atoms with van der Waals surface area (Å²) in [5.41, 5.74) is 0.737. The average Bonchev–Trinajstić information content (AvgIpc) is 3.06. The van der Waals surface area contributed by atoms with Crippen LogP contribution in [0.2, 0.25) is 0 Å². The molecule has 108 valence electrons. The first-order chi connectivity index (χ1) is 9.51. The lowest BCUT2D eigenvalue weighted by Gasteiger charge is -2.06. The molecule has 0 aliphatic heterocycles. The first-order valence-corrected chi connectivity index (χ1v) is 6.48. The van der Waals surface area contributed by atoms with Crippen LogP contribution in [-0.4, -0.2) is 21.3 Å². The van der Waals surface area contributed by atoms with E-state index < -0.39 is 12.1 Å². The van der Waals surface area contributed by atoms with Gasteiger partial charge in [0.25, 0.3) is 5.89 Å². The van der Waals surface area contributed by atoms with Crippen molar-refractivity contribution in [2.24, 2.45) is 0 Å². The van der Waals surface area contributed by atoms with Crippen molar-refractivity contribution in [2.75, 3.05) is 0 Å². The Morgan fingerprint density at radius 1 is 1.40 bits per heavy atom. The standard InChI is InChI=1S/C13H17N3O4/c1-5-7(2)10-6-11(20-16-10)13(17)18-8(3)12-15-14-9(4)19-12/h6-8H,5H2,1-4H3/t7-,8+/m0/s1. The first-order valence-electron chi connectivity index (χ1n) is 6.48. The molecule has 0 aromatic carbocycles. The summed E-state index contributed by atoms with van der Waals surface area (Å²) < 4.78 is 15.4. The fourth-order valence-corrected chi connectivity index (χ4v) is 1.57. The summed E-state index contributed by atoms with van der Waals surface area (Å²) in [5, 5.41) is 11.3. The summed E-state index contributed by atoms with van der Waals surface area (Å²) in [6.45, 7) is 7.37. The third kappa shape index (κ3) is 3.04. The fraction of sp³-hybridized carbons (Fsp3) is 0.538. The lowest BCUT2D eigenvalue weighted by Crippen LogP contribution is -2.08. The smallest absolute Gasteiger partial charge is 0.377 e. The van der Waals surface area contributed by atoms with Gasteiger partial charge in [-0.2, -0.15) is 0 Å². The van der Waals surface area contributed by atoms with Crippen LogP contribution in [0.1, 0.15) is 67.2 Å². The van der Waals surface area contributed by atoms with Crippen molar-refractivity contribution in [3.63, 3.8) is 0 Å². The molecule has 0 fully saturated rings. The summed E-state index contributed by atoms with van der Waals surface area (Å²) in [7, 11) is 0. The van der Waals surface area contributed by atoms with Crippen molar-refractivity contribution in [1.82, 2.24) is 15.4 Å². The Bertz CT molecular complexity index is 590. The van der Waals surface area contributed by atoms with E-state index in [4.69, 9.17) is 13.7 Å². The predicted octanol–water partition coefficient (Wildman–Crippen LogP) is 2.80. The van der Waals surface area contributed by atoms with Crippen LogP contribution in [0.25, 0.3) is 0 Å². The highest BCUT2D eigenvalue weighted by Crippen LogP contribution is 2.21. The number of hydrogen-bond acceptors (Lipinski definition) is 7. The molecule has 2 atom stereocenters. The van der Waals surface area contributed by atoms with Crippen LogP contribution in [0.4, 0.5) is 0 Å². The van der Waals surface area contributed by atoms with E-state index in [0.29, 0.717) is 5.89 Å². The Hall–Kier alpha value is -2.18. The highest BCUT2D eigenvalue weighted by Gasteiger charge is 2.22. The van der Waals surface area contributed by atoms with Gasteiger partial charge in [-0.25, -0.2) is 4.79 Å². The summed E-state index contributed by atoms with van der Waals surface area (Å²) >= 11 is 0. The normalized spacial score (nSPS) is 14.0. The van der Waals surface area contributed by atoms with Gasteiger partial charge in [0.15, 0.2) is 6.10 Å². The molecule has 20 heavy (non-hydrogen) atoms. The minimum atomic E-state index is -0.638. The highest BCUT2D eigenvalue weighted by molar-refractivity contribution is 5.86. The number of aryl methyl sites for hydroxylation is 1. The van der Waals surface area contributed by atoms with Crippen molar-refractivity contribution in [1.29, 1.82) is 0 Å². The van der Waals surface area contributed by atoms with Crippen LogP contribution < -0.4 is 0 Å². The lowest BCUT2D eigenvalue weighted by molar-refractivity contribution is 0.0232. The molecular formula is C13H17N3O4. The zero-order chi connectivity index (χ0) is 14.7. The van der Waals surface area contributed by atoms with Crippen LogP contribution in [0, 0.1) is 6.92 Å². The maximum Gasteiger partial charge on any atom is 0.377 e. The molecule has 2 aromatic rings. The van der Waals surface area contributed by atoms with Crippen molar-refractivity contribution >= 4 is 5.97 Å². The first kappa shape index (κ1) is 14.2. The number of carbonyl (C=O) groups excluding carboxylic acids is 1. The third-order valence-corrected chi connectivity index (χ3v) is 3.02. The molecule has 0 amide bonds. The van der Waals surface area contributed by atoms with E-state index in [1.165, 1.54) is 0 Å². The second kappa shape index (κ2) is 5.85. The van der Waals surface area contributed by atoms with Gasteiger partial charge in [-0.3, -0.25) is 0 Å². The van der Waals surface area contributed by atoms with Gasteiger partial charge in [-0.15, -0.1) is 10.2 Å². The molecule has 2 heterocycles. The number of hydrogen-bond donors (Lipinski definition) is 0. The number of nitrogens with zero attached hydrogens (tertiary/aromatic N) is 3. The largest absolute Gasteiger partial charge is 0.447 e. The van der Waals surface area contributed by atoms with E-state index in [1.54, 1.807) is 19.9 Å². The zero-order valence-electron chi connectivity index (χ0n) is 11.9. The topological polar surface area (TPSA) is 91.2 Å². The molecular weight excluding hydrogens is 262 g/mol. The molecule has 0 radical (unpaired) electrons. The van der Waals surface area contributed by atoms with E-state index in [2.05, 4.69) is 15.4 Å². The number of aromatic nitrogens is 3. The minimum absolute atomic E-state index is 0.0726. The number of carbonyl (C=O) groups is 1. The second-order valence-corrected chi connectivity index (χ2v) is 4.63. The van der Waals surface area contributed by atoms with E-state index in [0.717, 1.165) is 12.1 Å². The monoisotopic (exact) mass is 279 g/mol. The van der Waals surface area contributed by atoms with Crippen LogP contribution in [0.3, 0.4) is 0 Å². The van der Waals surface area contributed by atoms with Gasteiger partial charge >= 0.3 is 5.97 Å². The Balaban J connectivity index is 2.03. The molecule has 2 rings (SSSR count). The van der Waals surface area contributed by atoms with Crippen LogP contribution >= 0.6 is 0 Å². The van der Waals surface area contributed by atoms with Gasteiger partial charge in [0.1, 0.15) is 0 Å². The van der Waals surface area contributed by atoms with Crippen LogP contribution in [0.5, 0.6) is 0 Å². The van der Waals surface area contributed by atoms with Gasteiger partial charge in [0, 0.05) is 18.9 Å².